The third-order valence-electron chi connectivity index (χ3n) is 2.47. The van der Waals surface area contributed by atoms with Crippen LogP contribution in [0, 0.1) is 17.1 Å². The molecule has 0 saturated heterocycles. The lowest BCUT2D eigenvalue weighted by atomic mass is 10.1. The first kappa shape index (κ1) is 14.6. The van der Waals surface area contributed by atoms with Crippen LogP contribution >= 0.6 is 0 Å². The van der Waals surface area contributed by atoms with Gasteiger partial charge in [0.25, 0.3) is 0 Å². The lowest BCUT2D eigenvalue weighted by Crippen LogP contribution is -2.24. The van der Waals surface area contributed by atoms with Crippen LogP contribution in [0.2, 0.25) is 0 Å². The van der Waals surface area contributed by atoms with Gasteiger partial charge in [-0.3, -0.25) is 0 Å². The zero-order chi connectivity index (χ0) is 13.4. The van der Waals surface area contributed by atoms with Crippen LogP contribution in [-0.4, -0.2) is 19.2 Å². The fourth-order valence-electron chi connectivity index (χ4n) is 1.52. The van der Waals surface area contributed by atoms with Gasteiger partial charge in [0, 0.05) is 18.2 Å². The second kappa shape index (κ2) is 7.80. The van der Waals surface area contributed by atoms with E-state index in [4.69, 9.17) is 10.00 Å². The third kappa shape index (κ3) is 4.82. The molecule has 0 fully saturated rings. The maximum absolute atomic E-state index is 13.6. The van der Waals surface area contributed by atoms with E-state index in [1.54, 1.807) is 12.1 Å². The van der Waals surface area contributed by atoms with Crippen molar-refractivity contribution in [3.63, 3.8) is 0 Å². The molecule has 0 unspecified atom stereocenters. The lowest BCUT2D eigenvalue weighted by Gasteiger charge is -2.09. The summed E-state index contributed by atoms with van der Waals surface area (Å²) >= 11 is 0. The fraction of sp³-hybridized carbons (Fsp3) is 0.500. The van der Waals surface area contributed by atoms with Crippen molar-refractivity contribution in [3.8, 4) is 6.07 Å². The van der Waals surface area contributed by atoms with Gasteiger partial charge in [-0.15, -0.1) is 0 Å². The molecule has 0 aliphatic heterocycles. The molecule has 1 aromatic rings. The summed E-state index contributed by atoms with van der Waals surface area (Å²) in [6.45, 7) is 5.85. The van der Waals surface area contributed by atoms with Gasteiger partial charge in [-0.25, -0.2) is 4.39 Å². The van der Waals surface area contributed by atoms with Crippen molar-refractivity contribution >= 4 is 0 Å². The highest BCUT2D eigenvalue weighted by atomic mass is 19.1. The van der Waals surface area contributed by atoms with Crippen LogP contribution in [0.4, 0.5) is 4.39 Å². The second-order valence-electron chi connectivity index (χ2n) is 4.41. The monoisotopic (exact) mass is 250 g/mol. The first-order chi connectivity index (χ1) is 8.65. The van der Waals surface area contributed by atoms with E-state index in [1.807, 2.05) is 6.07 Å². The van der Waals surface area contributed by atoms with Gasteiger partial charge in [0.05, 0.1) is 12.2 Å². The Labute approximate surface area is 108 Å². The lowest BCUT2D eigenvalue weighted by molar-refractivity contribution is 0.115. The van der Waals surface area contributed by atoms with Gasteiger partial charge in [-0.05, 0) is 19.0 Å². The van der Waals surface area contributed by atoms with Crippen molar-refractivity contribution in [1.82, 2.24) is 5.32 Å². The number of halogens is 1. The Morgan fingerprint density at radius 1 is 1.44 bits per heavy atom. The molecule has 0 bridgehead atoms. The average molecular weight is 250 g/mol. The molecule has 0 saturated carbocycles. The van der Waals surface area contributed by atoms with E-state index in [-0.39, 0.29) is 12.2 Å². The summed E-state index contributed by atoms with van der Waals surface area (Å²) in [5, 5.41) is 12.0. The summed E-state index contributed by atoms with van der Waals surface area (Å²) in [6, 6.07) is 7.06. The van der Waals surface area contributed by atoms with E-state index < -0.39 is 5.82 Å². The number of rotatable bonds is 7. The summed E-state index contributed by atoms with van der Waals surface area (Å²) in [5.74, 6) is -0.472. The molecule has 4 heteroatoms. The Balaban J connectivity index is 2.30. The Hall–Kier alpha value is -1.44. The van der Waals surface area contributed by atoms with E-state index >= 15 is 0 Å². The first-order valence-corrected chi connectivity index (χ1v) is 6.13. The highest BCUT2D eigenvalue weighted by Crippen LogP contribution is 2.13. The number of nitriles is 1. The Morgan fingerprint density at radius 3 is 2.89 bits per heavy atom. The minimum atomic E-state index is -0.472. The Kier molecular flexibility index (Phi) is 6.34. The molecular weight excluding hydrogens is 231 g/mol. The number of hydrogen-bond acceptors (Lipinski definition) is 3. The van der Waals surface area contributed by atoms with Gasteiger partial charge in [0.1, 0.15) is 11.9 Å². The fourth-order valence-corrected chi connectivity index (χ4v) is 1.52. The molecule has 1 N–H and O–H groups in total. The summed E-state index contributed by atoms with van der Waals surface area (Å²) in [7, 11) is 0. The number of ether oxygens (including phenoxy) is 1. The molecule has 0 heterocycles. The van der Waals surface area contributed by atoms with Crippen LogP contribution in [0.25, 0.3) is 0 Å². The second-order valence-corrected chi connectivity index (χ2v) is 4.41. The minimum Gasteiger partial charge on any atom is -0.377 e. The van der Waals surface area contributed by atoms with Crippen molar-refractivity contribution in [3.05, 3.63) is 35.1 Å². The van der Waals surface area contributed by atoms with Gasteiger partial charge in [-0.1, -0.05) is 26.0 Å². The largest absolute Gasteiger partial charge is 0.377 e. The molecule has 1 rings (SSSR count). The van der Waals surface area contributed by atoms with Gasteiger partial charge in [0.15, 0.2) is 0 Å². The van der Waals surface area contributed by atoms with Crippen molar-refractivity contribution in [1.29, 1.82) is 5.26 Å². The SMILES string of the molecule is CC(C)NCCCOCc1cccc(C#N)c1F. The van der Waals surface area contributed by atoms with Crippen molar-refractivity contribution in [2.24, 2.45) is 0 Å². The van der Waals surface area contributed by atoms with Crippen LogP contribution < -0.4 is 5.32 Å². The molecular formula is C14H19FN2O. The van der Waals surface area contributed by atoms with Crippen molar-refractivity contribution in [2.45, 2.75) is 32.9 Å². The normalized spacial score (nSPS) is 10.6. The van der Waals surface area contributed by atoms with E-state index in [2.05, 4.69) is 19.2 Å². The minimum absolute atomic E-state index is 0.0672. The molecule has 0 amide bonds. The smallest absolute Gasteiger partial charge is 0.146 e. The van der Waals surface area contributed by atoms with Crippen LogP contribution in [0.15, 0.2) is 18.2 Å². The maximum Gasteiger partial charge on any atom is 0.146 e. The summed E-state index contributed by atoms with van der Waals surface area (Å²) in [4.78, 5) is 0. The van der Waals surface area contributed by atoms with E-state index in [0.717, 1.165) is 13.0 Å². The summed E-state index contributed by atoms with van der Waals surface area (Å²) in [6.07, 6.45) is 0.887. The summed E-state index contributed by atoms with van der Waals surface area (Å²) in [5.41, 5.74) is 0.503. The van der Waals surface area contributed by atoms with Crippen molar-refractivity contribution in [2.75, 3.05) is 13.2 Å². The predicted octanol–water partition coefficient (Wildman–Crippen LogP) is 2.60. The molecule has 0 aliphatic rings. The molecule has 0 aliphatic carbocycles. The predicted molar refractivity (Wildman–Crippen MR) is 68.5 cm³/mol. The molecule has 18 heavy (non-hydrogen) atoms. The van der Waals surface area contributed by atoms with E-state index in [1.165, 1.54) is 6.07 Å². The van der Waals surface area contributed by atoms with Crippen LogP contribution in [-0.2, 0) is 11.3 Å². The maximum atomic E-state index is 13.6. The number of nitrogens with one attached hydrogen (secondary N) is 1. The zero-order valence-corrected chi connectivity index (χ0v) is 10.9. The number of hydrogen-bond donors (Lipinski definition) is 1. The van der Waals surface area contributed by atoms with Crippen LogP contribution in [0.1, 0.15) is 31.4 Å². The van der Waals surface area contributed by atoms with Crippen LogP contribution in [0.5, 0.6) is 0 Å². The highest BCUT2D eigenvalue weighted by Gasteiger charge is 2.06. The highest BCUT2D eigenvalue weighted by molar-refractivity contribution is 5.34. The molecule has 0 radical (unpaired) electrons. The molecule has 0 atom stereocenters. The van der Waals surface area contributed by atoms with E-state index in [0.29, 0.717) is 18.2 Å². The summed E-state index contributed by atoms with van der Waals surface area (Å²) < 4.78 is 19.0. The van der Waals surface area contributed by atoms with Gasteiger partial charge >= 0.3 is 0 Å². The standard InChI is InChI=1S/C14H19FN2O/c1-11(2)17-7-4-8-18-10-13-6-3-5-12(9-16)14(13)15/h3,5-6,11,17H,4,7-8,10H2,1-2H3. The molecule has 3 nitrogen and oxygen atoms in total. The quantitative estimate of drug-likeness (QED) is 0.756. The Morgan fingerprint density at radius 2 is 2.22 bits per heavy atom. The van der Waals surface area contributed by atoms with Crippen molar-refractivity contribution < 1.29 is 9.13 Å². The topological polar surface area (TPSA) is 45.0 Å². The molecule has 1 aromatic carbocycles. The number of nitrogens with zero attached hydrogens (tertiary/aromatic N) is 1. The number of benzene rings is 1. The van der Waals surface area contributed by atoms with Gasteiger partial charge in [0.2, 0.25) is 0 Å². The Bertz CT molecular complexity index is 413. The van der Waals surface area contributed by atoms with Gasteiger partial charge in [-0.2, -0.15) is 5.26 Å². The molecule has 98 valence electrons. The third-order valence-corrected chi connectivity index (χ3v) is 2.47. The van der Waals surface area contributed by atoms with Gasteiger partial charge < -0.3 is 10.1 Å². The van der Waals surface area contributed by atoms with Crippen LogP contribution in [0.3, 0.4) is 0 Å². The first-order valence-electron chi connectivity index (χ1n) is 6.13. The zero-order valence-electron chi connectivity index (χ0n) is 10.9. The molecule has 0 spiro atoms. The van der Waals surface area contributed by atoms with E-state index in [9.17, 15) is 4.39 Å². The average Bonchev–Trinajstić information content (AvgIpc) is 2.35. The molecule has 0 aromatic heterocycles.